The second-order valence-corrected chi connectivity index (χ2v) is 10.2. The number of hydrogen-bond acceptors (Lipinski definition) is 1. The second-order valence-electron chi connectivity index (χ2n) is 9.63. The number of ketones is 1. The molecule has 0 aliphatic heterocycles. The summed E-state index contributed by atoms with van der Waals surface area (Å²) in [6.07, 6.45) is 12.7. The van der Waals surface area contributed by atoms with Crippen LogP contribution in [0.3, 0.4) is 0 Å². The Bertz CT molecular complexity index is 475. The van der Waals surface area contributed by atoms with Crippen LogP contribution in [0, 0.1) is 46.8 Å². The Morgan fingerprint density at radius 2 is 1.56 bits per heavy atom. The number of Topliss-reactive ketones (excluding diaryl/α,β-unsaturated/α-hetero) is 1. The number of carbonyl (C=O) groups is 1. The van der Waals surface area contributed by atoms with E-state index in [4.69, 9.17) is 0 Å². The van der Waals surface area contributed by atoms with Gasteiger partial charge in [0, 0.05) is 5.92 Å². The largest absolute Gasteiger partial charge is 0.298 e. The number of alkyl halides is 1. The van der Waals surface area contributed by atoms with E-state index >= 15 is 0 Å². The lowest BCUT2D eigenvalue weighted by atomic mass is 9.49. The van der Waals surface area contributed by atoms with Gasteiger partial charge in [0.05, 0.1) is 5.33 Å². The van der Waals surface area contributed by atoms with Gasteiger partial charge in [0.15, 0.2) is 0 Å². The zero-order chi connectivity index (χ0) is 20.2. The molecule has 158 valence electrons. The van der Waals surface area contributed by atoms with Gasteiger partial charge in [0.1, 0.15) is 5.78 Å². The van der Waals surface area contributed by atoms with Gasteiger partial charge in [0.25, 0.3) is 0 Å². The molecular formula is C25H45BrO. The van der Waals surface area contributed by atoms with Gasteiger partial charge in [-0.15, -0.1) is 0 Å². The first-order valence-electron chi connectivity index (χ1n) is 12.1. The van der Waals surface area contributed by atoms with Crippen LogP contribution in [0.2, 0.25) is 0 Å². The van der Waals surface area contributed by atoms with E-state index in [9.17, 15) is 4.79 Å². The molecule has 0 saturated heterocycles. The van der Waals surface area contributed by atoms with Crippen LogP contribution in [-0.2, 0) is 4.79 Å². The molecule has 4 aliphatic carbocycles. The summed E-state index contributed by atoms with van der Waals surface area (Å²) in [5, 5.41) is 0.566. The minimum atomic E-state index is 0.320. The van der Waals surface area contributed by atoms with Crippen LogP contribution >= 0.6 is 15.9 Å². The molecule has 1 nitrogen and oxygen atoms in total. The van der Waals surface area contributed by atoms with Gasteiger partial charge >= 0.3 is 0 Å². The summed E-state index contributed by atoms with van der Waals surface area (Å²) in [6, 6.07) is 0. The summed E-state index contributed by atoms with van der Waals surface area (Å²) >= 11 is 3.44. The van der Waals surface area contributed by atoms with Crippen LogP contribution in [-0.4, -0.2) is 11.1 Å². The van der Waals surface area contributed by atoms with E-state index in [0.29, 0.717) is 22.4 Å². The van der Waals surface area contributed by atoms with Gasteiger partial charge in [-0.1, -0.05) is 63.9 Å². The maximum atomic E-state index is 12.5. The number of fused-ring (bicyclic) bond motifs is 5. The van der Waals surface area contributed by atoms with Gasteiger partial charge in [-0.25, -0.2) is 0 Å². The number of rotatable bonds is 2. The minimum absolute atomic E-state index is 0.320. The molecule has 0 aromatic heterocycles. The molecule has 0 aromatic rings. The molecule has 0 spiro atoms. The second kappa shape index (κ2) is 10.3. The maximum Gasteiger partial charge on any atom is 0.147 e. The summed E-state index contributed by atoms with van der Waals surface area (Å²) in [5.41, 5.74) is 0.320. The molecule has 8 unspecified atom stereocenters. The summed E-state index contributed by atoms with van der Waals surface area (Å²) in [5.74, 6) is 6.63. The van der Waals surface area contributed by atoms with E-state index in [1.807, 2.05) is 27.7 Å². The van der Waals surface area contributed by atoms with E-state index in [0.717, 1.165) is 35.5 Å². The van der Waals surface area contributed by atoms with Crippen molar-refractivity contribution in [2.45, 2.75) is 99.3 Å². The molecule has 4 saturated carbocycles. The van der Waals surface area contributed by atoms with Crippen molar-refractivity contribution in [2.24, 2.45) is 46.8 Å². The normalized spacial score (nSPS) is 45.1. The van der Waals surface area contributed by atoms with E-state index in [1.165, 1.54) is 57.8 Å². The fraction of sp³-hybridized carbons (Fsp3) is 0.960. The Hall–Kier alpha value is 0.150. The average molecular weight is 442 g/mol. The molecule has 0 aromatic carbocycles. The Kier molecular flexibility index (Phi) is 8.90. The predicted octanol–water partition coefficient (Wildman–Crippen LogP) is 7.91. The third-order valence-corrected chi connectivity index (χ3v) is 9.29. The maximum absolute atomic E-state index is 12.5. The number of carbonyl (C=O) groups excluding carboxylic acids is 1. The van der Waals surface area contributed by atoms with Crippen LogP contribution in [0.1, 0.15) is 99.3 Å². The van der Waals surface area contributed by atoms with Crippen molar-refractivity contribution in [1.29, 1.82) is 0 Å². The van der Waals surface area contributed by atoms with Crippen molar-refractivity contribution in [2.75, 3.05) is 5.33 Å². The van der Waals surface area contributed by atoms with Gasteiger partial charge in [0.2, 0.25) is 0 Å². The van der Waals surface area contributed by atoms with Crippen molar-refractivity contribution in [1.82, 2.24) is 0 Å². The third-order valence-electron chi connectivity index (χ3n) is 8.74. The molecule has 4 aliphatic rings. The summed E-state index contributed by atoms with van der Waals surface area (Å²) in [7, 11) is 0. The van der Waals surface area contributed by atoms with Gasteiger partial charge < -0.3 is 0 Å². The zero-order valence-corrected chi connectivity index (χ0v) is 20.5. The Labute approximate surface area is 178 Å². The van der Waals surface area contributed by atoms with E-state index < -0.39 is 0 Å². The molecule has 4 rings (SSSR count). The van der Waals surface area contributed by atoms with Crippen molar-refractivity contribution in [3.63, 3.8) is 0 Å². The zero-order valence-electron chi connectivity index (χ0n) is 18.9. The molecule has 2 heteroatoms. The molecule has 0 N–H and O–H groups in total. The van der Waals surface area contributed by atoms with Crippen LogP contribution < -0.4 is 0 Å². The highest BCUT2D eigenvalue weighted by atomic mass is 79.9. The molecule has 0 bridgehead atoms. The van der Waals surface area contributed by atoms with Gasteiger partial charge in [-0.05, 0) is 92.3 Å². The molecule has 0 radical (unpaired) electrons. The first-order chi connectivity index (χ1) is 13.0. The lowest BCUT2D eigenvalue weighted by Gasteiger charge is -2.56. The van der Waals surface area contributed by atoms with E-state index in [1.54, 1.807) is 0 Å². The van der Waals surface area contributed by atoms with Crippen LogP contribution in [0.25, 0.3) is 0 Å². The van der Waals surface area contributed by atoms with Gasteiger partial charge in [-0.3, -0.25) is 4.79 Å². The van der Waals surface area contributed by atoms with E-state index in [2.05, 4.69) is 29.8 Å². The highest BCUT2D eigenvalue weighted by molar-refractivity contribution is 9.09. The molecule has 4 fully saturated rings. The summed E-state index contributed by atoms with van der Waals surface area (Å²) in [4.78, 5) is 12.5. The van der Waals surface area contributed by atoms with Crippen molar-refractivity contribution >= 4 is 21.7 Å². The van der Waals surface area contributed by atoms with Crippen molar-refractivity contribution in [3.8, 4) is 0 Å². The van der Waals surface area contributed by atoms with Gasteiger partial charge in [-0.2, -0.15) is 0 Å². The lowest BCUT2D eigenvalue weighted by molar-refractivity contribution is -0.127. The molecule has 8 atom stereocenters. The fourth-order valence-electron chi connectivity index (χ4n) is 7.71. The first kappa shape index (κ1) is 23.4. The van der Waals surface area contributed by atoms with Crippen LogP contribution in [0.15, 0.2) is 0 Å². The molecule has 0 heterocycles. The van der Waals surface area contributed by atoms with Crippen LogP contribution in [0.4, 0.5) is 0 Å². The fourth-order valence-corrected chi connectivity index (χ4v) is 8.10. The Morgan fingerprint density at radius 1 is 0.889 bits per heavy atom. The highest BCUT2D eigenvalue weighted by Crippen LogP contribution is 2.64. The standard InChI is InChI=1S/C21H33BrO.2C2H6/c1-13-3-5-15-14(11-13)4-6-17-16(15)9-10-21(2)18(17)7-8-19(21)20(23)12-22;2*1-2/h13-19H,3-12H2,1-2H3;2*1-2H3. The minimum Gasteiger partial charge on any atom is -0.298 e. The summed E-state index contributed by atoms with van der Waals surface area (Å²) in [6.45, 7) is 12.9. The predicted molar refractivity (Wildman–Crippen MR) is 121 cm³/mol. The average Bonchev–Trinajstić information content (AvgIpc) is 3.07. The van der Waals surface area contributed by atoms with Crippen LogP contribution in [0.5, 0.6) is 0 Å². The smallest absolute Gasteiger partial charge is 0.147 e. The Morgan fingerprint density at radius 3 is 2.22 bits per heavy atom. The Balaban J connectivity index is 0.000000614. The highest BCUT2D eigenvalue weighted by Gasteiger charge is 2.57. The number of halogens is 1. The first-order valence-corrected chi connectivity index (χ1v) is 13.3. The van der Waals surface area contributed by atoms with Crippen molar-refractivity contribution in [3.05, 3.63) is 0 Å². The lowest BCUT2D eigenvalue weighted by Crippen LogP contribution is -2.49. The quantitative estimate of drug-likeness (QED) is 0.398. The summed E-state index contributed by atoms with van der Waals surface area (Å²) < 4.78 is 0. The molecule has 0 amide bonds. The van der Waals surface area contributed by atoms with Crippen molar-refractivity contribution < 1.29 is 4.79 Å². The SMILES string of the molecule is CC.CC.CC1CCC2C(CCC3C2CCC2(C)C(C(=O)CBr)CCC32)C1. The monoisotopic (exact) mass is 440 g/mol. The number of hydrogen-bond donors (Lipinski definition) is 0. The molecule has 27 heavy (non-hydrogen) atoms. The topological polar surface area (TPSA) is 17.1 Å². The van der Waals surface area contributed by atoms with E-state index in [-0.39, 0.29) is 0 Å². The third kappa shape index (κ3) is 4.36. The molecular weight excluding hydrogens is 396 g/mol.